The van der Waals surface area contributed by atoms with Gasteiger partial charge in [0.1, 0.15) is 6.54 Å². The topological polar surface area (TPSA) is 97.4 Å². The van der Waals surface area contributed by atoms with Gasteiger partial charge in [-0.05, 0) is 39.7 Å². The highest BCUT2D eigenvalue weighted by atomic mass is 35.5. The van der Waals surface area contributed by atoms with E-state index in [0.717, 1.165) is 6.42 Å². The van der Waals surface area contributed by atoms with Gasteiger partial charge in [0, 0.05) is 36.9 Å². The predicted molar refractivity (Wildman–Crippen MR) is 99.2 cm³/mol. The number of carbonyl (C=O) groups excluding carboxylic acids is 2. The van der Waals surface area contributed by atoms with Gasteiger partial charge >= 0.3 is 0 Å². The van der Waals surface area contributed by atoms with E-state index in [4.69, 9.17) is 5.73 Å². The number of hydrogen-bond acceptors (Lipinski definition) is 4. The Bertz CT molecular complexity index is 715. The van der Waals surface area contributed by atoms with Gasteiger partial charge in [-0.15, -0.1) is 12.4 Å². The highest BCUT2D eigenvalue weighted by molar-refractivity contribution is 5.97. The molecule has 1 fully saturated rings. The van der Waals surface area contributed by atoms with Gasteiger partial charge in [-0.25, -0.2) is 0 Å². The third-order valence-electron chi connectivity index (χ3n) is 4.24. The molecule has 1 aromatic rings. The number of hydrogen-bond donors (Lipinski definition) is 2. The maximum atomic E-state index is 12.8. The lowest BCUT2D eigenvalue weighted by atomic mass is 10.1. The first kappa shape index (κ1) is 21.2. The molecule has 2 rings (SSSR count). The molecule has 2 amide bonds. The molecular weight excluding hydrogens is 344 g/mol. The van der Waals surface area contributed by atoms with Crippen LogP contribution in [0.1, 0.15) is 41.9 Å². The summed E-state index contributed by atoms with van der Waals surface area (Å²) in [4.78, 5) is 38.8. The number of halogens is 1. The van der Waals surface area contributed by atoms with Crippen LogP contribution in [0.4, 0.5) is 0 Å². The molecule has 7 nitrogen and oxygen atoms in total. The van der Waals surface area contributed by atoms with Crippen molar-refractivity contribution in [3.05, 3.63) is 33.2 Å². The molecule has 25 heavy (non-hydrogen) atoms. The quantitative estimate of drug-likeness (QED) is 0.810. The fourth-order valence-electron chi connectivity index (χ4n) is 3.08. The van der Waals surface area contributed by atoms with E-state index in [9.17, 15) is 14.4 Å². The maximum Gasteiger partial charge on any atom is 0.255 e. The lowest BCUT2D eigenvalue weighted by Gasteiger charge is -2.21. The van der Waals surface area contributed by atoms with Crippen molar-refractivity contribution in [3.8, 4) is 0 Å². The molecule has 2 heterocycles. The zero-order valence-corrected chi connectivity index (χ0v) is 16.0. The minimum absolute atomic E-state index is 0. The third kappa shape index (κ3) is 4.83. The van der Waals surface area contributed by atoms with Crippen LogP contribution >= 0.6 is 12.4 Å². The van der Waals surface area contributed by atoms with Crippen molar-refractivity contribution in [2.24, 2.45) is 5.73 Å². The van der Waals surface area contributed by atoms with Crippen molar-refractivity contribution < 1.29 is 9.59 Å². The number of carbonyl (C=O) groups is 2. The summed E-state index contributed by atoms with van der Waals surface area (Å²) in [5.74, 6) is -0.378. The summed E-state index contributed by atoms with van der Waals surface area (Å²) < 4.78 is 1.36. The molecule has 1 aliphatic rings. The number of aryl methyl sites for hydroxylation is 1. The highest BCUT2D eigenvalue weighted by Crippen LogP contribution is 2.18. The zero-order valence-electron chi connectivity index (χ0n) is 15.2. The molecule has 1 aliphatic heterocycles. The van der Waals surface area contributed by atoms with Gasteiger partial charge in [-0.1, -0.05) is 0 Å². The number of nitrogens with two attached hydrogens (primary N) is 1. The smallest absolute Gasteiger partial charge is 0.255 e. The van der Waals surface area contributed by atoms with Crippen LogP contribution in [-0.2, 0) is 11.3 Å². The summed E-state index contributed by atoms with van der Waals surface area (Å²) in [6, 6.07) is 1.40. The molecule has 0 unspecified atom stereocenters. The average Bonchev–Trinajstić information content (AvgIpc) is 2.89. The molecule has 140 valence electrons. The van der Waals surface area contributed by atoms with Crippen LogP contribution in [0, 0.1) is 13.8 Å². The fraction of sp³-hybridized carbons (Fsp3) is 0.588. The van der Waals surface area contributed by atoms with Gasteiger partial charge in [-0.3, -0.25) is 14.4 Å². The largest absolute Gasteiger partial charge is 0.352 e. The van der Waals surface area contributed by atoms with Gasteiger partial charge in [-0.2, -0.15) is 0 Å². The summed E-state index contributed by atoms with van der Waals surface area (Å²) in [5.41, 5.74) is 7.24. The van der Waals surface area contributed by atoms with Crippen molar-refractivity contribution in [3.63, 3.8) is 0 Å². The third-order valence-corrected chi connectivity index (χ3v) is 4.24. The van der Waals surface area contributed by atoms with E-state index >= 15 is 0 Å². The Kier molecular flexibility index (Phi) is 7.19. The molecule has 0 aromatic carbocycles. The summed E-state index contributed by atoms with van der Waals surface area (Å²) in [5, 5.41) is 2.76. The SMILES string of the molecule is Cc1cc(=O)n(CC(=O)NC(C)C)c(C)c1C(=O)N1CC[C@@H](N)C1.Cl. The molecule has 1 aromatic heterocycles. The molecule has 0 radical (unpaired) electrons. The van der Waals surface area contributed by atoms with E-state index in [1.807, 2.05) is 13.8 Å². The Balaban J connectivity index is 0.00000312. The Hall–Kier alpha value is -1.86. The lowest BCUT2D eigenvalue weighted by molar-refractivity contribution is -0.122. The first-order valence-electron chi connectivity index (χ1n) is 8.26. The molecule has 0 aliphatic carbocycles. The normalized spacial score (nSPS) is 16.7. The molecular formula is C17H27ClN4O3. The Morgan fingerprint density at radius 3 is 2.52 bits per heavy atom. The van der Waals surface area contributed by atoms with Crippen molar-refractivity contribution in [2.75, 3.05) is 13.1 Å². The second kappa shape index (κ2) is 8.49. The van der Waals surface area contributed by atoms with E-state index < -0.39 is 0 Å². The van der Waals surface area contributed by atoms with Gasteiger partial charge in [0.2, 0.25) is 5.91 Å². The van der Waals surface area contributed by atoms with Gasteiger partial charge in [0.25, 0.3) is 11.5 Å². The first-order valence-corrected chi connectivity index (χ1v) is 8.26. The van der Waals surface area contributed by atoms with Crippen LogP contribution in [0.15, 0.2) is 10.9 Å². The molecule has 0 bridgehead atoms. The Morgan fingerprint density at radius 1 is 1.36 bits per heavy atom. The number of amides is 2. The summed E-state index contributed by atoms with van der Waals surface area (Å²) in [6.45, 7) is 8.21. The number of rotatable bonds is 4. The molecule has 8 heteroatoms. The van der Waals surface area contributed by atoms with Crippen molar-refractivity contribution in [1.82, 2.24) is 14.8 Å². The fourth-order valence-corrected chi connectivity index (χ4v) is 3.08. The number of pyridine rings is 1. The van der Waals surface area contributed by atoms with Crippen molar-refractivity contribution in [1.29, 1.82) is 0 Å². The van der Waals surface area contributed by atoms with Crippen LogP contribution in [0.3, 0.4) is 0 Å². The van der Waals surface area contributed by atoms with Crippen LogP contribution < -0.4 is 16.6 Å². The van der Waals surface area contributed by atoms with Crippen molar-refractivity contribution >= 4 is 24.2 Å². The number of likely N-dealkylation sites (tertiary alicyclic amines) is 1. The zero-order chi connectivity index (χ0) is 18.0. The average molecular weight is 371 g/mol. The van der Waals surface area contributed by atoms with E-state index in [1.54, 1.807) is 18.7 Å². The van der Waals surface area contributed by atoms with Crippen LogP contribution in [0.25, 0.3) is 0 Å². The maximum absolute atomic E-state index is 12.8. The standard InChI is InChI=1S/C17H26N4O3.ClH/c1-10(2)19-14(22)9-21-12(4)16(11(3)7-15(21)23)17(24)20-6-5-13(18)8-20;/h7,10,13H,5-6,8-9,18H2,1-4H3,(H,19,22);1H/t13-;/m1./s1. The minimum atomic E-state index is -0.279. The number of nitrogens with zero attached hydrogens (tertiary/aromatic N) is 2. The molecule has 0 saturated carbocycles. The Labute approximate surface area is 154 Å². The second-order valence-corrected chi connectivity index (χ2v) is 6.73. The van der Waals surface area contributed by atoms with E-state index in [2.05, 4.69) is 5.32 Å². The van der Waals surface area contributed by atoms with Crippen LogP contribution in [0.5, 0.6) is 0 Å². The van der Waals surface area contributed by atoms with Crippen LogP contribution in [-0.4, -0.2) is 46.5 Å². The monoisotopic (exact) mass is 370 g/mol. The van der Waals surface area contributed by atoms with Crippen molar-refractivity contribution in [2.45, 2.75) is 52.7 Å². The molecule has 1 atom stereocenters. The Morgan fingerprint density at radius 2 is 2.00 bits per heavy atom. The highest BCUT2D eigenvalue weighted by Gasteiger charge is 2.28. The summed E-state index contributed by atoms with van der Waals surface area (Å²) in [7, 11) is 0. The minimum Gasteiger partial charge on any atom is -0.352 e. The summed E-state index contributed by atoms with van der Waals surface area (Å²) in [6.07, 6.45) is 0.778. The van der Waals surface area contributed by atoms with Gasteiger partial charge in [0.05, 0.1) is 5.56 Å². The van der Waals surface area contributed by atoms with Crippen LogP contribution in [0.2, 0.25) is 0 Å². The number of aromatic nitrogens is 1. The van der Waals surface area contributed by atoms with E-state index in [1.165, 1.54) is 10.6 Å². The molecule has 3 N–H and O–H groups in total. The van der Waals surface area contributed by atoms with E-state index in [0.29, 0.717) is 29.9 Å². The van der Waals surface area contributed by atoms with Gasteiger partial charge in [0.15, 0.2) is 0 Å². The van der Waals surface area contributed by atoms with Gasteiger partial charge < -0.3 is 20.5 Å². The first-order chi connectivity index (χ1) is 11.2. The summed E-state index contributed by atoms with van der Waals surface area (Å²) >= 11 is 0. The predicted octanol–water partition coefficient (Wildman–Crippen LogP) is 0.585. The molecule has 1 saturated heterocycles. The number of nitrogens with one attached hydrogen (secondary N) is 1. The second-order valence-electron chi connectivity index (χ2n) is 6.73. The molecule has 0 spiro atoms. The lowest BCUT2D eigenvalue weighted by Crippen LogP contribution is -2.38. The van der Waals surface area contributed by atoms with E-state index in [-0.39, 0.29) is 48.4 Å².